The SMILES string of the molecule is CCCc1cc(C(=O)O)cc(NC(C)C(=O)N(C)CC)n1. The molecule has 0 aliphatic rings. The number of amides is 1. The second-order valence-electron chi connectivity index (χ2n) is 5.01. The maximum absolute atomic E-state index is 12.0. The fourth-order valence-corrected chi connectivity index (χ4v) is 1.94. The normalized spacial score (nSPS) is 11.8. The number of pyridine rings is 1. The molecular formula is C15H23N3O3. The highest BCUT2D eigenvalue weighted by Gasteiger charge is 2.17. The van der Waals surface area contributed by atoms with Crippen molar-refractivity contribution in [2.24, 2.45) is 0 Å². The molecule has 1 amide bonds. The molecule has 1 rings (SSSR count). The van der Waals surface area contributed by atoms with E-state index in [1.165, 1.54) is 6.07 Å². The van der Waals surface area contributed by atoms with Gasteiger partial charge in [0.15, 0.2) is 0 Å². The summed E-state index contributed by atoms with van der Waals surface area (Å²) in [6, 6.07) is 2.57. The first-order valence-electron chi connectivity index (χ1n) is 7.14. The fraction of sp³-hybridized carbons (Fsp3) is 0.533. The van der Waals surface area contributed by atoms with E-state index < -0.39 is 12.0 Å². The molecule has 1 aromatic heterocycles. The Balaban J connectivity index is 2.96. The molecule has 6 nitrogen and oxygen atoms in total. The number of rotatable bonds is 7. The van der Waals surface area contributed by atoms with Crippen molar-refractivity contribution < 1.29 is 14.7 Å². The van der Waals surface area contributed by atoms with Crippen LogP contribution < -0.4 is 5.32 Å². The van der Waals surface area contributed by atoms with Crippen LogP contribution in [-0.4, -0.2) is 46.5 Å². The smallest absolute Gasteiger partial charge is 0.335 e. The van der Waals surface area contributed by atoms with E-state index in [1.807, 2.05) is 13.8 Å². The molecule has 0 spiro atoms. The Kier molecular flexibility index (Phi) is 6.14. The Bertz CT molecular complexity index is 517. The molecule has 6 heteroatoms. The van der Waals surface area contributed by atoms with Gasteiger partial charge in [0.1, 0.15) is 11.9 Å². The van der Waals surface area contributed by atoms with Gasteiger partial charge >= 0.3 is 5.97 Å². The van der Waals surface area contributed by atoms with E-state index in [9.17, 15) is 9.59 Å². The van der Waals surface area contributed by atoms with Crippen molar-refractivity contribution in [1.29, 1.82) is 0 Å². The first-order chi connectivity index (χ1) is 9.88. The molecule has 116 valence electrons. The number of nitrogens with zero attached hydrogens (tertiary/aromatic N) is 2. The van der Waals surface area contributed by atoms with Crippen LogP contribution in [0.3, 0.4) is 0 Å². The van der Waals surface area contributed by atoms with Crippen molar-refractivity contribution in [1.82, 2.24) is 9.88 Å². The van der Waals surface area contributed by atoms with Gasteiger partial charge in [0.25, 0.3) is 0 Å². The Labute approximate surface area is 125 Å². The van der Waals surface area contributed by atoms with Crippen LogP contribution in [0.1, 0.15) is 43.2 Å². The Hall–Kier alpha value is -2.11. The summed E-state index contributed by atoms with van der Waals surface area (Å²) in [4.78, 5) is 29.2. The lowest BCUT2D eigenvalue weighted by Gasteiger charge is -2.21. The highest BCUT2D eigenvalue weighted by Crippen LogP contribution is 2.14. The van der Waals surface area contributed by atoms with Gasteiger partial charge in [-0.1, -0.05) is 13.3 Å². The van der Waals surface area contributed by atoms with Gasteiger partial charge < -0.3 is 15.3 Å². The molecule has 2 N–H and O–H groups in total. The topological polar surface area (TPSA) is 82.5 Å². The van der Waals surface area contributed by atoms with E-state index in [1.54, 1.807) is 24.9 Å². The van der Waals surface area contributed by atoms with Crippen molar-refractivity contribution in [3.05, 3.63) is 23.4 Å². The molecule has 0 aliphatic carbocycles. The summed E-state index contributed by atoms with van der Waals surface area (Å²) in [6.07, 6.45) is 1.58. The molecule has 1 aromatic rings. The highest BCUT2D eigenvalue weighted by molar-refractivity contribution is 5.89. The van der Waals surface area contributed by atoms with Gasteiger partial charge in [-0.25, -0.2) is 9.78 Å². The number of aromatic nitrogens is 1. The maximum atomic E-state index is 12.0. The van der Waals surface area contributed by atoms with Gasteiger partial charge in [0, 0.05) is 19.3 Å². The molecule has 1 heterocycles. The van der Waals surface area contributed by atoms with Crippen molar-refractivity contribution >= 4 is 17.7 Å². The number of likely N-dealkylation sites (N-methyl/N-ethyl adjacent to an activating group) is 1. The van der Waals surface area contributed by atoms with Gasteiger partial charge in [-0.3, -0.25) is 4.79 Å². The lowest BCUT2D eigenvalue weighted by molar-refractivity contribution is -0.130. The summed E-state index contributed by atoms with van der Waals surface area (Å²) in [6.45, 7) is 6.26. The largest absolute Gasteiger partial charge is 0.478 e. The number of aryl methyl sites for hydroxylation is 1. The number of carbonyl (C=O) groups excluding carboxylic acids is 1. The van der Waals surface area contributed by atoms with Crippen LogP contribution in [0.2, 0.25) is 0 Å². The van der Waals surface area contributed by atoms with Crippen molar-refractivity contribution in [3.63, 3.8) is 0 Å². The maximum Gasteiger partial charge on any atom is 0.335 e. The summed E-state index contributed by atoms with van der Waals surface area (Å²) in [5.74, 6) is -0.636. The zero-order valence-electron chi connectivity index (χ0n) is 13.0. The molecule has 0 bridgehead atoms. The first kappa shape index (κ1) is 16.9. The standard InChI is InChI=1S/C15H23N3O3/c1-5-7-12-8-11(15(20)21)9-13(17-12)16-10(3)14(19)18(4)6-2/h8-10H,5-7H2,1-4H3,(H,16,17)(H,20,21). The van der Waals surface area contributed by atoms with Crippen LogP contribution in [0.5, 0.6) is 0 Å². The third-order valence-corrected chi connectivity index (χ3v) is 3.22. The number of carboxylic acids is 1. The number of hydrogen-bond acceptors (Lipinski definition) is 4. The summed E-state index contributed by atoms with van der Waals surface area (Å²) in [5.41, 5.74) is 0.892. The zero-order chi connectivity index (χ0) is 16.0. The van der Waals surface area contributed by atoms with Crippen molar-refractivity contribution in [2.75, 3.05) is 18.9 Å². The van der Waals surface area contributed by atoms with Gasteiger partial charge in [-0.2, -0.15) is 0 Å². The molecule has 0 aromatic carbocycles. The average Bonchev–Trinajstić information content (AvgIpc) is 2.45. The summed E-state index contributed by atoms with van der Waals surface area (Å²) < 4.78 is 0. The van der Waals surface area contributed by atoms with Crippen molar-refractivity contribution in [2.45, 2.75) is 39.7 Å². The molecule has 0 radical (unpaired) electrons. The van der Waals surface area contributed by atoms with E-state index in [0.29, 0.717) is 24.5 Å². The molecule has 0 aliphatic heterocycles. The van der Waals surface area contributed by atoms with Crippen LogP contribution in [0, 0.1) is 0 Å². The van der Waals surface area contributed by atoms with E-state index in [-0.39, 0.29) is 11.5 Å². The fourth-order valence-electron chi connectivity index (χ4n) is 1.94. The number of aromatic carboxylic acids is 1. The number of carboxylic acid groups (broad SMARTS) is 1. The minimum Gasteiger partial charge on any atom is -0.478 e. The van der Waals surface area contributed by atoms with Crippen LogP contribution in [-0.2, 0) is 11.2 Å². The van der Waals surface area contributed by atoms with Gasteiger partial charge in [0.2, 0.25) is 5.91 Å². The number of carbonyl (C=O) groups is 2. The lowest BCUT2D eigenvalue weighted by Crippen LogP contribution is -2.39. The molecule has 21 heavy (non-hydrogen) atoms. The first-order valence-corrected chi connectivity index (χ1v) is 7.14. The van der Waals surface area contributed by atoms with Crippen LogP contribution in [0.4, 0.5) is 5.82 Å². The minimum absolute atomic E-state index is 0.0583. The molecule has 1 atom stereocenters. The predicted octanol–water partition coefficient (Wildman–Crippen LogP) is 2.01. The Morgan fingerprint density at radius 1 is 1.38 bits per heavy atom. The second kappa shape index (κ2) is 7.61. The monoisotopic (exact) mass is 293 g/mol. The summed E-state index contributed by atoms with van der Waals surface area (Å²) >= 11 is 0. The third-order valence-electron chi connectivity index (χ3n) is 3.22. The number of anilines is 1. The van der Waals surface area contributed by atoms with Crippen LogP contribution in [0.15, 0.2) is 12.1 Å². The lowest BCUT2D eigenvalue weighted by atomic mass is 10.1. The van der Waals surface area contributed by atoms with Gasteiger partial charge in [-0.15, -0.1) is 0 Å². The van der Waals surface area contributed by atoms with Crippen molar-refractivity contribution in [3.8, 4) is 0 Å². The molecule has 0 fully saturated rings. The van der Waals surface area contributed by atoms with Crippen LogP contribution >= 0.6 is 0 Å². The van der Waals surface area contributed by atoms with E-state index in [0.717, 1.165) is 6.42 Å². The van der Waals surface area contributed by atoms with Gasteiger partial charge in [0.05, 0.1) is 5.56 Å². The van der Waals surface area contributed by atoms with Gasteiger partial charge in [-0.05, 0) is 32.4 Å². The predicted molar refractivity (Wildman–Crippen MR) is 81.6 cm³/mol. The van der Waals surface area contributed by atoms with E-state index in [2.05, 4.69) is 10.3 Å². The number of hydrogen-bond donors (Lipinski definition) is 2. The van der Waals surface area contributed by atoms with E-state index >= 15 is 0 Å². The Morgan fingerprint density at radius 2 is 2.05 bits per heavy atom. The molecule has 0 saturated carbocycles. The molecule has 0 saturated heterocycles. The quantitative estimate of drug-likeness (QED) is 0.803. The summed E-state index contributed by atoms with van der Waals surface area (Å²) in [5, 5.41) is 12.1. The van der Waals surface area contributed by atoms with Crippen LogP contribution in [0.25, 0.3) is 0 Å². The Morgan fingerprint density at radius 3 is 2.57 bits per heavy atom. The van der Waals surface area contributed by atoms with E-state index in [4.69, 9.17) is 5.11 Å². The summed E-state index contributed by atoms with van der Waals surface area (Å²) in [7, 11) is 1.73. The molecule has 1 unspecified atom stereocenters. The minimum atomic E-state index is -0.998. The molecular weight excluding hydrogens is 270 g/mol. The third kappa shape index (κ3) is 4.73. The second-order valence-corrected chi connectivity index (χ2v) is 5.01. The number of nitrogens with one attached hydrogen (secondary N) is 1. The highest BCUT2D eigenvalue weighted by atomic mass is 16.4. The zero-order valence-corrected chi connectivity index (χ0v) is 13.0. The average molecular weight is 293 g/mol.